The highest BCUT2D eigenvalue weighted by atomic mass is 31.2. The van der Waals surface area contributed by atoms with Gasteiger partial charge < -0.3 is 23.5 Å². The topological polar surface area (TPSA) is 66.5 Å². The van der Waals surface area contributed by atoms with Gasteiger partial charge in [-0.2, -0.15) is 0 Å². The van der Waals surface area contributed by atoms with Crippen molar-refractivity contribution >= 4 is 7.52 Å². The summed E-state index contributed by atoms with van der Waals surface area (Å²) in [6.45, 7) is 2.11. The third-order valence-corrected chi connectivity index (χ3v) is 5.79. The first kappa shape index (κ1) is 15.4. The molecule has 0 spiro atoms. The molecule has 19 heavy (non-hydrogen) atoms. The SMILES string of the molecule is CO[C@H]1O[C@@H]2CN(C)[P@@](C)(=O)O[C@H]2[C@H](OC)[C@H]1OC. The Labute approximate surface area is 113 Å². The van der Waals surface area contributed by atoms with Crippen LogP contribution in [0.15, 0.2) is 0 Å². The van der Waals surface area contributed by atoms with Gasteiger partial charge in [0.25, 0.3) is 7.52 Å². The van der Waals surface area contributed by atoms with Crippen LogP contribution in [-0.4, -0.2) is 77.0 Å². The summed E-state index contributed by atoms with van der Waals surface area (Å²) in [5, 5.41) is 0. The lowest BCUT2D eigenvalue weighted by molar-refractivity contribution is -0.299. The van der Waals surface area contributed by atoms with Gasteiger partial charge in [-0.3, -0.25) is 4.57 Å². The lowest BCUT2D eigenvalue weighted by Gasteiger charge is -2.49. The maximum Gasteiger partial charge on any atom is 0.269 e. The summed E-state index contributed by atoms with van der Waals surface area (Å²) in [5.74, 6) is 0. The average molecular weight is 295 g/mol. The van der Waals surface area contributed by atoms with Crippen molar-refractivity contribution in [2.24, 2.45) is 0 Å². The maximum atomic E-state index is 12.3. The normalized spacial score (nSPS) is 47.9. The van der Waals surface area contributed by atoms with Crippen LogP contribution in [0.3, 0.4) is 0 Å². The molecular formula is C11H22NO6P. The van der Waals surface area contributed by atoms with E-state index in [0.29, 0.717) is 6.54 Å². The van der Waals surface area contributed by atoms with E-state index in [-0.39, 0.29) is 12.2 Å². The van der Waals surface area contributed by atoms with Crippen LogP contribution < -0.4 is 0 Å². The lowest BCUT2D eigenvalue weighted by atomic mass is 9.98. The van der Waals surface area contributed by atoms with Gasteiger partial charge in [0.2, 0.25) is 0 Å². The van der Waals surface area contributed by atoms with Crippen molar-refractivity contribution < 1.29 is 28.0 Å². The Bertz CT molecular complexity index is 367. The van der Waals surface area contributed by atoms with Crippen LogP contribution in [0.5, 0.6) is 0 Å². The summed E-state index contributed by atoms with van der Waals surface area (Å²) in [6, 6.07) is 0. The van der Waals surface area contributed by atoms with Gasteiger partial charge in [-0.15, -0.1) is 0 Å². The van der Waals surface area contributed by atoms with E-state index in [1.54, 1.807) is 39.7 Å². The van der Waals surface area contributed by atoms with Gasteiger partial charge in [-0.1, -0.05) is 0 Å². The molecule has 7 nitrogen and oxygen atoms in total. The van der Waals surface area contributed by atoms with Crippen LogP contribution >= 0.6 is 7.52 Å². The number of likely N-dealkylation sites (N-methyl/N-ethyl adjacent to an activating group) is 1. The average Bonchev–Trinajstić information content (AvgIpc) is 2.37. The molecular weight excluding hydrogens is 273 g/mol. The second-order valence-electron chi connectivity index (χ2n) is 4.89. The second kappa shape index (κ2) is 5.77. The fourth-order valence-electron chi connectivity index (χ4n) is 2.57. The number of ether oxygens (including phenoxy) is 4. The Morgan fingerprint density at radius 2 is 1.79 bits per heavy atom. The molecule has 2 aliphatic rings. The lowest BCUT2D eigenvalue weighted by Crippen LogP contribution is -2.63. The van der Waals surface area contributed by atoms with E-state index in [1.807, 2.05) is 0 Å². The minimum absolute atomic E-state index is 0.256. The van der Waals surface area contributed by atoms with Crippen LogP contribution in [-0.2, 0) is 28.0 Å². The molecule has 0 unspecified atom stereocenters. The molecule has 2 heterocycles. The van der Waals surface area contributed by atoms with Gasteiger partial charge in [-0.25, -0.2) is 4.67 Å². The number of hydrogen-bond donors (Lipinski definition) is 0. The largest absolute Gasteiger partial charge is 0.376 e. The van der Waals surface area contributed by atoms with Crippen molar-refractivity contribution in [3.63, 3.8) is 0 Å². The zero-order valence-corrected chi connectivity index (χ0v) is 12.8. The van der Waals surface area contributed by atoms with E-state index in [1.165, 1.54) is 0 Å². The maximum absolute atomic E-state index is 12.3. The number of fused-ring (bicyclic) bond motifs is 1. The highest BCUT2D eigenvalue weighted by Crippen LogP contribution is 2.52. The highest BCUT2D eigenvalue weighted by molar-refractivity contribution is 7.55. The van der Waals surface area contributed by atoms with Crippen molar-refractivity contribution in [1.82, 2.24) is 4.67 Å². The fourth-order valence-corrected chi connectivity index (χ4v) is 3.90. The molecule has 8 heteroatoms. The summed E-state index contributed by atoms with van der Waals surface area (Å²) in [5.41, 5.74) is 0. The number of hydrogen-bond acceptors (Lipinski definition) is 6. The second-order valence-corrected chi connectivity index (χ2v) is 7.39. The molecule has 0 N–H and O–H groups in total. The third-order valence-electron chi connectivity index (χ3n) is 3.75. The molecule has 0 bridgehead atoms. The Hall–Kier alpha value is -0.0100. The zero-order valence-electron chi connectivity index (χ0n) is 11.9. The van der Waals surface area contributed by atoms with Crippen molar-refractivity contribution in [3.8, 4) is 0 Å². The molecule has 2 saturated heterocycles. The van der Waals surface area contributed by atoms with Crippen molar-refractivity contribution in [2.45, 2.75) is 30.7 Å². The Morgan fingerprint density at radius 1 is 1.16 bits per heavy atom. The molecule has 0 aromatic rings. The molecule has 112 valence electrons. The predicted molar refractivity (Wildman–Crippen MR) is 68.3 cm³/mol. The molecule has 2 fully saturated rings. The fraction of sp³-hybridized carbons (Fsp3) is 1.00. The molecule has 2 aliphatic heterocycles. The van der Waals surface area contributed by atoms with E-state index < -0.39 is 26.0 Å². The quantitative estimate of drug-likeness (QED) is 0.704. The van der Waals surface area contributed by atoms with Gasteiger partial charge in [-0.05, 0) is 7.05 Å². The van der Waals surface area contributed by atoms with Crippen LogP contribution in [0, 0.1) is 0 Å². The van der Waals surface area contributed by atoms with Crippen LogP contribution in [0.4, 0.5) is 0 Å². The van der Waals surface area contributed by atoms with Crippen molar-refractivity contribution in [1.29, 1.82) is 0 Å². The monoisotopic (exact) mass is 295 g/mol. The van der Waals surface area contributed by atoms with Gasteiger partial charge in [0.05, 0.1) is 0 Å². The molecule has 0 aromatic carbocycles. The van der Waals surface area contributed by atoms with E-state index in [4.69, 9.17) is 23.5 Å². The smallest absolute Gasteiger partial charge is 0.269 e. The summed E-state index contributed by atoms with van der Waals surface area (Å²) in [7, 11) is 3.65. The summed E-state index contributed by atoms with van der Waals surface area (Å²) < 4.78 is 41.7. The number of nitrogens with zero attached hydrogens (tertiary/aromatic N) is 1. The standard InChI is InChI=1S/C11H22NO6P/c1-12-6-7-8(18-19(12,5)13)9(14-2)10(15-3)11(16-4)17-7/h7-11H,6H2,1-5H3/t7-,8-,9+,10-,11+,19+/m1/s1. The summed E-state index contributed by atoms with van der Waals surface area (Å²) in [6.07, 6.45) is -2.00. The minimum atomic E-state index is -2.81. The molecule has 0 amide bonds. The number of rotatable bonds is 3. The Kier molecular flexibility index (Phi) is 4.67. The molecule has 2 rings (SSSR count). The highest BCUT2D eigenvalue weighted by Gasteiger charge is 2.53. The number of methoxy groups -OCH3 is 3. The van der Waals surface area contributed by atoms with Crippen LogP contribution in [0.1, 0.15) is 0 Å². The van der Waals surface area contributed by atoms with Gasteiger partial charge in [0.15, 0.2) is 6.29 Å². The van der Waals surface area contributed by atoms with Crippen LogP contribution in [0.25, 0.3) is 0 Å². The van der Waals surface area contributed by atoms with Crippen LogP contribution in [0.2, 0.25) is 0 Å². The first-order valence-electron chi connectivity index (χ1n) is 6.16. The van der Waals surface area contributed by atoms with Crippen molar-refractivity contribution in [3.05, 3.63) is 0 Å². The van der Waals surface area contributed by atoms with E-state index in [0.717, 1.165) is 0 Å². The minimum Gasteiger partial charge on any atom is -0.376 e. The summed E-state index contributed by atoms with van der Waals surface area (Å²) >= 11 is 0. The van der Waals surface area contributed by atoms with E-state index in [2.05, 4.69) is 0 Å². The van der Waals surface area contributed by atoms with Gasteiger partial charge in [0.1, 0.15) is 24.4 Å². The zero-order chi connectivity index (χ0) is 14.2. The Balaban J connectivity index is 2.25. The van der Waals surface area contributed by atoms with Gasteiger partial charge >= 0.3 is 0 Å². The molecule has 0 radical (unpaired) electrons. The van der Waals surface area contributed by atoms with Gasteiger partial charge in [0, 0.05) is 34.5 Å². The first-order valence-corrected chi connectivity index (χ1v) is 8.18. The summed E-state index contributed by atoms with van der Waals surface area (Å²) in [4.78, 5) is 0. The molecule has 0 aliphatic carbocycles. The molecule has 0 saturated carbocycles. The van der Waals surface area contributed by atoms with Crippen molar-refractivity contribution in [2.75, 3.05) is 41.6 Å². The molecule has 6 atom stereocenters. The predicted octanol–water partition coefficient (Wildman–Crippen LogP) is 0.541. The first-order chi connectivity index (χ1) is 8.94. The molecule has 0 aromatic heterocycles. The van der Waals surface area contributed by atoms with E-state index in [9.17, 15) is 4.57 Å². The Morgan fingerprint density at radius 3 is 2.32 bits per heavy atom. The third kappa shape index (κ3) is 2.74. The van der Waals surface area contributed by atoms with E-state index >= 15 is 0 Å².